The van der Waals surface area contributed by atoms with Crippen molar-refractivity contribution in [1.29, 1.82) is 0 Å². The topological polar surface area (TPSA) is 51.5 Å². The van der Waals surface area contributed by atoms with Crippen LogP contribution in [-0.2, 0) is 9.53 Å². The molecule has 0 fully saturated rings. The van der Waals surface area contributed by atoms with E-state index in [0.29, 0.717) is 0 Å². The van der Waals surface area contributed by atoms with Gasteiger partial charge >= 0.3 is 5.97 Å². The Hall–Kier alpha value is -1.81. The lowest BCUT2D eigenvalue weighted by atomic mass is 10.0. The predicted molar refractivity (Wildman–Crippen MR) is 78.4 cm³/mol. The molecule has 0 radical (unpaired) electrons. The highest BCUT2D eigenvalue weighted by Gasteiger charge is 2.26. The molecule has 2 aromatic rings. The molecular formula is C16H21NO3. The minimum atomic E-state index is -0.344. The van der Waals surface area contributed by atoms with Gasteiger partial charge in [0.15, 0.2) is 0 Å². The number of carbonyl (C=O) groups is 1. The number of furan rings is 1. The summed E-state index contributed by atoms with van der Waals surface area (Å²) >= 11 is 0. The molecule has 20 heavy (non-hydrogen) atoms. The van der Waals surface area contributed by atoms with Gasteiger partial charge in [-0.2, -0.15) is 0 Å². The number of hydrogen-bond donors (Lipinski definition) is 1. The third-order valence-corrected chi connectivity index (χ3v) is 3.42. The molecule has 0 aliphatic rings. The molecule has 0 saturated carbocycles. The van der Waals surface area contributed by atoms with Crippen molar-refractivity contribution in [1.82, 2.24) is 5.32 Å². The molecule has 0 aliphatic heterocycles. The number of esters is 1. The van der Waals surface area contributed by atoms with Crippen LogP contribution in [0.15, 0.2) is 34.7 Å². The minimum absolute atomic E-state index is 0.0612. The molecule has 0 saturated heterocycles. The molecule has 1 N–H and O–H groups in total. The summed E-state index contributed by atoms with van der Waals surface area (Å²) < 4.78 is 10.6. The minimum Gasteiger partial charge on any atom is -0.468 e. The Labute approximate surface area is 119 Å². The number of benzene rings is 1. The van der Waals surface area contributed by atoms with Crippen LogP contribution in [0.25, 0.3) is 11.0 Å². The monoisotopic (exact) mass is 275 g/mol. The molecular weight excluding hydrogens is 254 g/mol. The zero-order valence-electron chi connectivity index (χ0n) is 12.3. The Bertz CT molecular complexity index is 555. The first-order valence-electron chi connectivity index (χ1n) is 6.85. The fraction of sp³-hybridized carbons (Fsp3) is 0.438. The third-order valence-electron chi connectivity index (χ3n) is 3.42. The molecule has 0 spiro atoms. The first-order valence-corrected chi connectivity index (χ1v) is 6.85. The van der Waals surface area contributed by atoms with Crippen LogP contribution < -0.4 is 5.32 Å². The van der Waals surface area contributed by atoms with Crippen molar-refractivity contribution >= 4 is 16.9 Å². The van der Waals surface area contributed by atoms with E-state index >= 15 is 0 Å². The summed E-state index contributed by atoms with van der Waals surface area (Å²) in [5, 5.41) is 4.34. The van der Waals surface area contributed by atoms with Gasteiger partial charge in [-0.1, -0.05) is 32.0 Å². The molecule has 1 aromatic heterocycles. The van der Waals surface area contributed by atoms with Gasteiger partial charge in [0.25, 0.3) is 0 Å². The van der Waals surface area contributed by atoms with Crippen LogP contribution >= 0.6 is 0 Å². The Morgan fingerprint density at radius 3 is 2.55 bits per heavy atom. The maximum atomic E-state index is 11.8. The fourth-order valence-corrected chi connectivity index (χ4v) is 2.23. The van der Waals surface area contributed by atoms with Crippen LogP contribution in [0, 0.1) is 5.92 Å². The van der Waals surface area contributed by atoms with E-state index in [1.54, 1.807) is 0 Å². The summed E-state index contributed by atoms with van der Waals surface area (Å²) in [6.45, 7) is 5.95. The quantitative estimate of drug-likeness (QED) is 0.851. The van der Waals surface area contributed by atoms with Crippen LogP contribution in [0.2, 0.25) is 0 Å². The fourth-order valence-electron chi connectivity index (χ4n) is 2.23. The number of carbonyl (C=O) groups excluding carboxylic acids is 1. The molecule has 1 heterocycles. The second-order valence-corrected chi connectivity index (χ2v) is 5.32. The van der Waals surface area contributed by atoms with Gasteiger partial charge in [-0.3, -0.25) is 10.1 Å². The Morgan fingerprint density at radius 2 is 1.95 bits per heavy atom. The Balaban J connectivity index is 2.17. The van der Waals surface area contributed by atoms with Crippen molar-refractivity contribution in [3.63, 3.8) is 0 Å². The summed E-state index contributed by atoms with van der Waals surface area (Å²) in [6.07, 6.45) is 0. The van der Waals surface area contributed by atoms with Crippen molar-refractivity contribution in [3.8, 4) is 0 Å². The van der Waals surface area contributed by atoms with Crippen molar-refractivity contribution in [2.45, 2.75) is 32.9 Å². The average molecular weight is 275 g/mol. The van der Waals surface area contributed by atoms with Gasteiger partial charge in [0.2, 0.25) is 0 Å². The number of hydrogen-bond acceptors (Lipinski definition) is 4. The van der Waals surface area contributed by atoms with Crippen molar-refractivity contribution in [3.05, 3.63) is 36.1 Å². The average Bonchev–Trinajstić information content (AvgIpc) is 2.87. The number of ether oxygens (including phenoxy) is 1. The van der Waals surface area contributed by atoms with Gasteiger partial charge in [0, 0.05) is 5.39 Å². The van der Waals surface area contributed by atoms with E-state index in [2.05, 4.69) is 5.32 Å². The number of nitrogens with one attached hydrogen (secondary N) is 1. The lowest BCUT2D eigenvalue weighted by Crippen LogP contribution is -2.42. The highest BCUT2D eigenvalue weighted by atomic mass is 16.5. The third kappa shape index (κ3) is 3.02. The van der Waals surface area contributed by atoms with Crippen LogP contribution in [0.5, 0.6) is 0 Å². The van der Waals surface area contributed by atoms with Crippen molar-refractivity contribution in [2.75, 3.05) is 7.11 Å². The largest absolute Gasteiger partial charge is 0.468 e. The summed E-state index contributed by atoms with van der Waals surface area (Å²) in [4.78, 5) is 11.8. The highest BCUT2D eigenvalue weighted by Crippen LogP contribution is 2.24. The van der Waals surface area contributed by atoms with E-state index < -0.39 is 0 Å². The van der Waals surface area contributed by atoms with Crippen LogP contribution in [0.1, 0.15) is 32.6 Å². The number of para-hydroxylation sites is 1. The first-order chi connectivity index (χ1) is 9.52. The van der Waals surface area contributed by atoms with Gasteiger partial charge in [-0.15, -0.1) is 0 Å². The molecule has 1 aromatic carbocycles. The zero-order chi connectivity index (χ0) is 14.7. The van der Waals surface area contributed by atoms with Gasteiger partial charge in [-0.05, 0) is 25.0 Å². The molecule has 0 bridgehead atoms. The van der Waals surface area contributed by atoms with Crippen molar-refractivity contribution < 1.29 is 13.9 Å². The molecule has 108 valence electrons. The van der Waals surface area contributed by atoms with Crippen LogP contribution in [-0.4, -0.2) is 19.1 Å². The molecule has 4 nitrogen and oxygen atoms in total. The standard InChI is InChI=1S/C16H21NO3/c1-10(2)15(16(18)19-4)17-11(3)14-9-12-7-5-6-8-13(12)20-14/h5-11,15,17H,1-4H3/t11?,15-/m0/s1. The normalized spacial score (nSPS) is 14.4. The van der Waals surface area contributed by atoms with Gasteiger partial charge in [0.05, 0.1) is 13.2 Å². The Morgan fingerprint density at radius 1 is 1.25 bits per heavy atom. The second kappa shape index (κ2) is 6.09. The number of rotatable bonds is 5. The Kier molecular flexibility index (Phi) is 4.45. The molecule has 0 aliphatic carbocycles. The maximum absolute atomic E-state index is 11.8. The van der Waals surface area contributed by atoms with E-state index in [-0.39, 0.29) is 24.0 Å². The van der Waals surface area contributed by atoms with Crippen LogP contribution in [0.3, 0.4) is 0 Å². The van der Waals surface area contributed by atoms with E-state index in [4.69, 9.17) is 9.15 Å². The SMILES string of the molecule is COC(=O)[C@@H](NC(C)c1cc2ccccc2o1)C(C)C. The number of fused-ring (bicyclic) bond motifs is 1. The van der Waals surface area contributed by atoms with Gasteiger partial charge in [-0.25, -0.2) is 0 Å². The molecule has 4 heteroatoms. The smallest absolute Gasteiger partial charge is 0.323 e. The van der Waals surface area contributed by atoms with E-state index in [9.17, 15) is 4.79 Å². The summed E-state index contributed by atoms with van der Waals surface area (Å²) in [7, 11) is 1.41. The molecule has 2 rings (SSSR count). The maximum Gasteiger partial charge on any atom is 0.323 e. The summed E-state index contributed by atoms with van der Waals surface area (Å²) in [5.41, 5.74) is 0.857. The van der Waals surface area contributed by atoms with Gasteiger partial charge in [0.1, 0.15) is 17.4 Å². The first kappa shape index (κ1) is 14.6. The number of methoxy groups -OCH3 is 1. The molecule has 1 unspecified atom stereocenters. The lowest BCUT2D eigenvalue weighted by Gasteiger charge is -2.23. The van der Waals surface area contributed by atoms with E-state index in [1.807, 2.05) is 51.1 Å². The second-order valence-electron chi connectivity index (χ2n) is 5.32. The van der Waals surface area contributed by atoms with E-state index in [0.717, 1.165) is 16.7 Å². The van der Waals surface area contributed by atoms with Gasteiger partial charge < -0.3 is 9.15 Å². The van der Waals surface area contributed by atoms with Crippen LogP contribution in [0.4, 0.5) is 0 Å². The lowest BCUT2D eigenvalue weighted by molar-refractivity contribution is -0.144. The van der Waals surface area contributed by atoms with Crippen molar-refractivity contribution in [2.24, 2.45) is 5.92 Å². The summed E-state index contributed by atoms with van der Waals surface area (Å²) in [5.74, 6) is 0.720. The molecule has 0 amide bonds. The molecule has 2 atom stereocenters. The van der Waals surface area contributed by atoms with E-state index in [1.165, 1.54) is 7.11 Å². The predicted octanol–water partition coefficient (Wildman–Crippen LogP) is 3.28. The zero-order valence-corrected chi connectivity index (χ0v) is 12.3. The summed E-state index contributed by atoms with van der Waals surface area (Å²) in [6, 6.07) is 9.46. The highest BCUT2D eigenvalue weighted by molar-refractivity contribution is 5.78.